The highest BCUT2D eigenvalue weighted by Crippen LogP contribution is 2.21. The lowest BCUT2D eigenvalue weighted by molar-refractivity contribution is -0.120. The summed E-state index contributed by atoms with van der Waals surface area (Å²) in [4.78, 5) is 16.6. The van der Waals surface area contributed by atoms with Crippen LogP contribution < -0.4 is 10.6 Å². The smallest absolute Gasteiger partial charge is 0.254 e. The van der Waals surface area contributed by atoms with Crippen molar-refractivity contribution in [3.8, 4) is 0 Å². The molecule has 2 rings (SSSR count). The van der Waals surface area contributed by atoms with Gasteiger partial charge >= 0.3 is 0 Å². The third-order valence-electron chi connectivity index (χ3n) is 1.93. The van der Waals surface area contributed by atoms with Crippen LogP contribution in [0.5, 0.6) is 0 Å². The third-order valence-corrected chi connectivity index (χ3v) is 2.87. The van der Waals surface area contributed by atoms with Crippen LogP contribution in [0, 0.1) is 0 Å². The Bertz CT molecular complexity index is 358. The van der Waals surface area contributed by atoms with E-state index in [1.807, 2.05) is 24.4 Å². The maximum Gasteiger partial charge on any atom is 0.254 e. The SMILES string of the molecule is CCN=C1NC(=O)C(c2cccs2)N1. The zero-order valence-corrected chi connectivity index (χ0v) is 8.60. The molecule has 2 N–H and O–H groups in total. The van der Waals surface area contributed by atoms with Crippen molar-refractivity contribution in [3.63, 3.8) is 0 Å². The van der Waals surface area contributed by atoms with Gasteiger partial charge in [0.2, 0.25) is 0 Å². The summed E-state index contributed by atoms with van der Waals surface area (Å²) in [5.74, 6) is 0.551. The summed E-state index contributed by atoms with van der Waals surface area (Å²) in [7, 11) is 0. The zero-order valence-electron chi connectivity index (χ0n) is 7.78. The van der Waals surface area contributed by atoms with E-state index in [2.05, 4.69) is 15.6 Å². The predicted octanol–water partition coefficient (Wildman–Crippen LogP) is 0.885. The number of guanidine groups is 1. The van der Waals surface area contributed by atoms with Crippen LogP contribution in [0.25, 0.3) is 0 Å². The summed E-state index contributed by atoms with van der Waals surface area (Å²) in [5.41, 5.74) is 0. The van der Waals surface area contributed by atoms with Crippen molar-refractivity contribution in [1.82, 2.24) is 10.6 Å². The van der Waals surface area contributed by atoms with Crippen LogP contribution in [-0.4, -0.2) is 18.4 Å². The van der Waals surface area contributed by atoms with Crippen molar-refractivity contribution in [2.24, 2.45) is 4.99 Å². The van der Waals surface area contributed by atoms with Crippen LogP contribution >= 0.6 is 11.3 Å². The van der Waals surface area contributed by atoms with E-state index in [1.165, 1.54) is 0 Å². The number of carbonyl (C=O) groups excluding carboxylic acids is 1. The summed E-state index contributed by atoms with van der Waals surface area (Å²) < 4.78 is 0. The Morgan fingerprint density at radius 2 is 2.50 bits per heavy atom. The second-order valence-electron chi connectivity index (χ2n) is 2.90. The van der Waals surface area contributed by atoms with Gasteiger partial charge in [-0.25, -0.2) is 0 Å². The molecule has 1 atom stereocenters. The fraction of sp³-hybridized carbons (Fsp3) is 0.333. The van der Waals surface area contributed by atoms with Gasteiger partial charge in [-0.3, -0.25) is 15.1 Å². The van der Waals surface area contributed by atoms with Gasteiger partial charge in [0.05, 0.1) is 0 Å². The number of hydrogen-bond donors (Lipinski definition) is 2. The van der Waals surface area contributed by atoms with Crippen molar-refractivity contribution in [1.29, 1.82) is 0 Å². The van der Waals surface area contributed by atoms with Gasteiger partial charge in [0.25, 0.3) is 5.91 Å². The number of thiophene rings is 1. The van der Waals surface area contributed by atoms with Crippen LogP contribution in [0.15, 0.2) is 22.5 Å². The number of amides is 1. The Morgan fingerprint density at radius 3 is 3.14 bits per heavy atom. The number of hydrogen-bond acceptors (Lipinski definition) is 3. The van der Waals surface area contributed by atoms with Crippen molar-refractivity contribution >= 4 is 23.2 Å². The highest BCUT2D eigenvalue weighted by Gasteiger charge is 2.29. The van der Waals surface area contributed by atoms with Crippen molar-refractivity contribution in [2.45, 2.75) is 13.0 Å². The van der Waals surface area contributed by atoms with Crippen molar-refractivity contribution in [3.05, 3.63) is 22.4 Å². The molecule has 5 heteroatoms. The molecule has 1 unspecified atom stereocenters. The van der Waals surface area contributed by atoms with Crippen LogP contribution in [0.4, 0.5) is 0 Å². The fourth-order valence-electron chi connectivity index (χ4n) is 1.33. The summed E-state index contributed by atoms with van der Waals surface area (Å²) in [6, 6.07) is 3.61. The minimum atomic E-state index is -0.264. The second kappa shape index (κ2) is 3.79. The Labute approximate surface area is 86.0 Å². The van der Waals surface area contributed by atoms with Crippen LogP contribution in [0.1, 0.15) is 17.8 Å². The molecule has 74 valence electrons. The molecule has 0 aromatic carbocycles. The number of aliphatic imine (C=N–C) groups is 1. The minimum absolute atomic E-state index is 0.0281. The largest absolute Gasteiger partial charge is 0.340 e. The van der Waals surface area contributed by atoms with E-state index >= 15 is 0 Å². The first kappa shape index (κ1) is 9.21. The highest BCUT2D eigenvalue weighted by atomic mass is 32.1. The standard InChI is InChI=1S/C9H11N3OS/c1-2-10-9-11-7(8(13)12-9)6-4-3-5-14-6/h3-5,7H,2H2,1H3,(H2,10,11,12,13). The van der Waals surface area contributed by atoms with E-state index in [1.54, 1.807) is 11.3 Å². The van der Waals surface area contributed by atoms with E-state index in [-0.39, 0.29) is 11.9 Å². The molecule has 1 fully saturated rings. The van der Waals surface area contributed by atoms with E-state index < -0.39 is 0 Å². The Balaban J connectivity index is 2.17. The first-order chi connectivity index (χ1) is 6.81. The van der Waals surface area contributed by atoms with Gasteiger partial charge in [-0.1, -0.05) is 6.07 Å². The molecule has 0 aliphatic carbocycles. The van der Waals surface area contributed by atoms with E-state index in [4.69, 9.17) is 0 Å². The van der Waals surface area contributed by atoms with E-state index in [0.29, 0.717) is 12.5 Å². The molecule has 1 amide bonds. The number of nitrogens with zero attached hydrogens (tertiary/aromatic N) is 1. The third kappa shape index (κ3) is 1.63. The van der Waals surface area contributed by atoms with Gasteiger partial charge in [0.1, 0.15) is 6.04 Å². The van der Waals surface area contributed by atoms with Gasteiger partial charge in [0, 0.05) is 11.4 Å². The molecule has 4 nitrogen and oxygen atoms in total. The monoisotopic (exact) mass is 209 g/mol. The topological polar surface area (TPSA) is 53.5 Å². The Morgan fingerprint density at radius 1 is 1.64 bits per heavy atom. The molecule has 1 aromatic rings. The molecule has 1 aromatic heterocycles. The van der Waals surface area contributed by atoms with Gasteiger partial charge in [-0.05, 0) is 18.4 Å². The summed E-state index contributed by atoms with van der Waals surface area (Å²) in [5, 5.41) is 7.70. The average molecular weight is 209 g/mol. The number of nitrogens with one attached hydrogen (secondary N) is 2. The maximum absolute atomic E-state index is 11.5. The Hall–Kier alpha value is -1.36. The molecule has 0 bridgehead atoms. The van der Waals surface area contributed by atoms with Crippen molar-refractivity contribution < 1.29 is 4.79 Å². The van der Waals surface area contributed by atoms with Gasteiger partial charge in [0.15, 0.2) is 5.96 Å². The van der Waals surface area contributed by atoms with Crippen LogP contribution in [-0.2, 0) is 4.79 Å². The molecule has 1 saturated heterocycles. The van der Waals surface area contributed by atoms with E-state index in [0.717, 1.165) is 4.88 Å². The summed E-state index contributed by atoms with van der Waals surface area (Å²) >= 11 is 1.57. The summed E-state index contributed by atoms with van der Waals surface area (Å²) in [6.45, 7) is 2.60. The second-order valence-corrected chi connectivity index (χ2v) is 3.88. The molecule has 1 aliphatic heterocycles. The molecular weight excluding hydrogens is 198 g/mol. The van der Waals surface area contributed by atoms with Gasteiger partial charge < -0.3 is 5.32 Å². The maximum atomic E-state index is 11.5. The normalized spacial score (nSPS) is 23.6. The number of rotatable bonds is 2. The quantitative estimate of drug-likeness (QED) is 0.760. The highest BCUT2D eigenvalue weighted by molar-refractivity contribution is 7.10. The van der Waals surface area contributed by atoms with Crippen LogP contribution in [0.2, 0.25) is 0 Å². The molecule has 14 heavy (non-hydrogen) atoms. The molecule has 0 saturated carbocycles. The lowest BCUT2D eigenvalue weighted by atomic mass is 10.2. The molecular formula is C9H11N3OS. The first-order valence-electron chi connectivity index (χ1n) is 4.46. The lowest BCUT2D eigenvalue weighted by Crippen LogP contribution is -2.25. The fourth-order valence-corrected chi connectivity index (χ4v) is 2.10. The molecule has 2 heterocycles. The molecule has 0 spiro atoms. The molecule has 1 aliphatic rings. The summed E-state index contributed by atoms with van der Waals surface area (Å²) in [6.07, 6.45) is 0. The average Bonchev–Trinajstić information content (AvgIpc) is 2.74. The van der Waals surface area contributed by atoms with Crippen molar-refractivity contribution in [2.75, 3.05) is 6.54 Å². The predicted molar refractivity (Wildman–Crippen MR) is 56.3 cm³/mol. The Kier molecular flexibility index (Phi) is 2.49. The van der Waals surface area contributed by atoms with Crippen LogP contribution in [0.3, 0.4) is 0 Å². The van der Waals surface area contributed by atoms with Gasteiger partial charge in [-0.2, -0.15) is 0 Å². The number of carbonyl (C=O) groups is 1. The lowest BCUT2D eigenvalue weighted by Gasteiger charge is -2.03. The minimum Gasteiger partial charge on any atom is -0.340 e. The molecule has 0 radical (unpaired) electrons. The van der Waals surface area contributed by atoms with Gasteiger partial charge in [-0.15, -0.1) is 11.3 Å². The zero-order chi connectivity index (χ0) is 9.97. The first-order valence-corrected chi connectivity index (χ1v) is 5.34. The van der Waals surface area contributed by atoms with E-state index in [9.17, 15) is 4.79 Å².